The Balaban J connectivity index is 1.50. The van der Waals surface area contributed by atoms with Crippen molar-refractivity contribution in [3.63, 3.8) is 0 Å². The maximum absolute atomic E-state index is 11.9. The number of hydrazine groups is 1. The topological polar surface area (TPSA) is 126 Å². The number of thioether (sulfide) groups is 1. The molecule has 0 aliphatic heterocycles. The Bertz CT molecular complexity index is 1070. The summed E-state index contributed by atoms with van der Waals surface area (Å²) in [6.45, 7) is 1.41. The molecule has 1 heterocycles. The number of carbonyl (C=O) groups excluding carboxylic acids is 3. The minimum Gasteiger partial charge on any atom is -0.411 e. The molecule has 0 spiro atoms. The summed E-state index contributed by atoms with van der Waals surface area (Å²) in [5.41, 5.74) is 6.20. The van der Waals surface area contributed by atoms with Crippen molar-refractivity contribution in [1.29, 1.82) is 0 Å². The van der Waals surface area contributed by atoms with Crippen molar-refractivity contribution in [2.45, 2.75) is 12.1 Å². The van der Waals surface area contributed by atoms with Gasteiger partial charge in [-0.2, -0.15) is 0 Å². The average molecular weight is 446 g/mol. The highest BCUT2D eigenvalue weighted by molar-refractivity contribution is 7.99. The molecule has 0 unspecified atom stereocenters. The number of nitrogens with zero attached hydrogens (tertiary/aromatic N) is 2. The highest BCUT2D eigenvalue weighted by atomic mass is 35.5. The summed E-state index contributed by atoms with van der Waals surface area (Å²) in [6, 6.07) is 13.2. The molecule has 0 bridgehead atoms. The second kappa shape index (κ2) is 9.90. The molecule has 0 radical (unpaired) electrons. The molecule has 0 aliphatic carbocycles. The van der Waals surface area contributed by atoms with Gasteiger partial charge < -0.3 is 9.73 Å². The molecule has 0 saturated carbocycles. The fourth-order valence-electron chi connectivity index (χ4n) is 2.28. The highest BCUT2D eigenvalue weighted by Crippen LogP contribution is 2.25. The average Bonchev–Trinajstić information content (AvgIpc) is 3.20. The first kappa shape index (κ1) is 21.3. The standard InChI is InChI=1S/C19H16ClN5O4S/c1-11(26)21-15-4-2-3-13(9-15)18-24-25-19(29-18)30-10-16(27)22-23-17(28)12-5-7-14(20)8-6-12/h2-9H,10H2,1H3,(H,21,26)(H,22,27)(H,23,28). The van der Waals surface area contributed by atoms with Crippen molar-refractivity contribution in [1.82, 2.24) is 21.0 Å². The normalized spacial score (nSPS) is 10.3. The van der Waals surface area contributed by atoms with Crippen LogP contribution in [0.2, 0.25) is 5.02 Å². The number of rotatable bonds is 6. The van der Waals surface area contributed by atoms with Crippen LogP contribution in [0.5, 0.6) is 0 Å². The Morgan fingerprint density at radius 3 is 2.57 bits per heavy atom. The molecule has 11 heteroatoms. The number of halogens is 1. The maximum Gasteiger partial charge on any atom is 0.277 e. The van der Waals surface area contributed by atoms with E-state index in [-0.39, 0.29) is 22.8 Å². The number of benzene rings is 2. The molecule has 3 rings (SSSR count). The fourth-order valence-corrected chi connectivity index (χ4v) is 2.97. The van der Waals surface area contributed by atoms with Gasteiger partial charge in [-0.3, -0.25) is 25.2 Å². The number of aromatic nitrogens is 2. The molecule has 154 valence electrons. The summed E-state index contributed by atoms with van der Waals surface area (Å²) in [7, 11) is 0. The lowest BCUT2D eigenvalue weighted by Crippen LogP contribution is -2.42. The van der Waals surface area contributed by atoms with Crippen LogP contribution in [0.1, 0.15) is 17.3 Å². The van der Waals surface area contributed by atoms with Gasteiger partial charge in [-0.1, -0.05) is 29.4 Å². The van der Waals surface area contributed by atoms with E-state index in [1.807, 2.05) is 0 Å². The van der Waals surface area contributed by atoms with Gasteiger partial charge in [0, 0.05) is 28.8 Å². The van der Waals surface area contributed by atoms with Gasteiger partial charge in [0.1, 0.15) is 0 Å². The van der Waals surface area contributed by atoms with E-state index in [4.69, 9.17) is 16.0 Å². The van der Waals surface area contributed by atoms with Crippen molar-refractivity contribution in [2.75, 3.05) is 11.1 Å². The van der Waals surface area contributed by atoms with E-state index in [0.717, 1.165) is 11.8 Å². The molecule has 0 saturated heterocycles. The molecule has 9 nitrogen and oxygen atoms in total. The Morgan fingerprint density at radius 1 is 1.07 bits per heavy atom. The number of hydrogen-bond donors (Lipinski definition) is 3. The van der Waals surface area contributed by atoms with Crippen LogP contribution < -0.4 is 16.2 Å². The smallest absolute Gasteiger partial charge is 0.277 e. The number of amides is 3. The van der Waals surface area contributed by atoms with Crippen LogP contribution in [0, 0.1) is 0 Å². The van der Waals surface area contributed by atoms with Crippen molar-refractivity contribution < 1.29 is 18.8 Å². The van der Waals surface area contributed by atoms with E-state index in [9.17, 15) is 14.4 Å². The summed E-state index contributed by atoms with van der Waals surface area (Å²) in [5.74, 6) is -0.905. The van der Waals surface area contributed by atoms with Gasteiger partial charge in [0.05, 0.1) is 5.75 Å². The van der Waals surface area contributed by atoms with Crippen molar-refractivity contribution >= 4 is 46.8 Å². The SMILES string of the molecule is CC(=O)Nc1cccc(-c2nnc(SCC(=O)NNC(=O)c3ccc(Cl)cc3)o2)c1. The van der Waals surface area contributed by atoms with E-state index < -0.39 is 11.8 Å². The van der Waals surface area contributed by atoms with Crippen LogP contribution in [0.3, 0.4) is 0 Å². The van der Waals surface area contributed by atoms with Crippen LogP contribution in [-0.4, -0.2) is 33.7 Å². The van der Waals surface area contributed by atoms with Crippen LogP contribution in [0.15, 0.2) is 58.2 Å². The monoisotopic (exact) mass is 445 g/mol. The molecule has 3 N–H and O–H groups in total. The van der Waals surface area contributed by atoms with E-state index in [2.05, 4.69) is 26.4 Å². The molecular formula is C19H16ClN5O4S. The molecule has 2 aromatic carbocycles. The summed E-state index contributed by atoms with van der Waals surface area (Å²) >= 11 is 6.79. The predicted octanol–water partition coefficient (Wildman–Crippen LogP) is 2.90. The van der Waals surface area contributed by atoms with E-state index in [1.54, 1.807) is 48.5 Å². The molecule has 3 amide bonds. The van der Waals surface area contributed by atoms with Gasteiger partial charge in [0.2, 0.25) is 17.7 Å². The minimum atomic E-state index is -0.468. The zero-order valence-electron chi connectivity index (χ0n) is 15.6. The van der Waals surface area contributed by atoms with Crippen molar-refractivity contribution in [3.05, 3.63) is 59.1 Å². The minimum absolute atomic E-state index is 0.0472. The summed E-state index contributed by atoms with van der Waals surface area (Å²) < 4.78 is 5.53. The lowest BCUT2D eigenvalue weighted by atomic mass is 10.2. The van der Waals surface area contributed by atoms with Gasteiger partial charge in [-0.15, -0.1) is 10.2 Å². The number of carbonyl (C=O) groups is 3. The lowest BCUT2D eigenvalue weighted by Gasteiger charge is -2.06. The Kier molecular flexibility index (Phi) is 7.04. The number of anilines is 1. The molecule has 3 aromatic rings. The Labute approximate surface area is 180 Å². The van der Waals surface area contributed by atoms with E-state index in [1.165, 1.54) is 6.92 Å². The third-order valence-corrected chi connectivity index (χ3v) is 4.66. The molecule has 0 aliphatic rings. The fraction of sp³-hybridized carbons (Fsp3) is 0.105. The van der Waals surface area contributed by atoms with Gasteiger partial charge in [0.25, 0.3) is 11.1 Å². The van der Waals surface area contributed by atoms with Crippen LogP contribution in [0.25, 0.3) is 11.5 Å². The number of nitrogens with one attached hydrogen (secondary N) is 3. The van der Waals surface area contributed by atoms with Gasteiger partial charge in [-0.25, -0.2) is 0 Å². The zero-order chi connectivity index (χ0) is 21.5. The van der Waals surface area contributed by atoms with E-state index in [0.29, 0.717) is 21.8 Å². The zero-order valence-corrected chi connectivity index (χ0v) is 17.2. The van der Waals surface area contributed by atoms with Crippen molar-refractivity contribution in [2.24, 2.45) is 0 Å². The van der Waals surface area contributed by atoms with E-state index >= 15 is 0 Å². The maximum atomic E-state index is 11.9. The summed E-state index contributed by atoms with van der Waals surface area (Å²) in [5, 5.41) is 11.2. The molecule has 1 aromatic heterocycles. The second-order valence-electron chi connectivity index (χ2n) is 5.93. The van der Waals surface area contributed by atoms with Crippen LogP contribution in [-0.2, 0) is 9.59 Å². The highest BCUT2D eigenvalue weighted by Gasteiger charge is 2.13. The quantitative estimate of drug-likeness (QED) is 0.393. The predicted molar refractivity (Wildman–Crippen MR) is 112 cm³/mol. The summed E-state index contributed by atoms with van der Waals surface area (Å²) in [6.07, 6.45) is 0. The first-order valence-corrected chi connectivity index (χ1v) is 9.96. The molecular weight excluding hydrogens is 430 g/mol. The Morgan fingerprint density at radius 2 is 1.83 bits per heavy atom. The first-order valence-electron chi connectivity index (χ1n) is 8.60. The van der Waals surface area contributed by atoms with Gasteiger partial charge in [-0.05, 0) is 42.5 Å². The molecule has 30 heavy (non-hydrogen) atoms. The largest absolute Gasteiger partial charge is 0.411 e. The van der Waals surface area contributed by atoms with Crippen LogP contribution in [0.4, 0.5) is 5.69 Å². The van der Waals surface area contributed by atoms with Crippen molar-refractivity contribution in [3.8, 4) is 11.5 Å². The third kappa shape index (κ3) is 6.06. The first-order chi connectivity index (χ1) is 14.4. The number of hydrogen-bond acceptors (Lipinski definition) is 7. The molecule has 0 fully saturated rings. The third-order valence-electron chi connectivity index (χ3n) is 3.58. The Hall–Kier alpha value is -3.37. The van der Waals surface area contributed by atoms with Crippen LogP contribution >= 0.6 is 23.4 Å². The lowest BCUT2D eigenvalue weighted by molar-refractivity contribution is -0.119. The second-order valence-corrected chi connectivity index (χ2v) is 7.30. The summed E-state index contributed by atoms with van der Waals surface area (Å²) in [4.78, 5) is 35.0. The van der Waals surface area contributed by atoms with Gasteiger partial charge in [0.15, 0.2) is 0 Å². The van der Waals surface area contributed by atoms with Gasteiger partial charge >= 0.3 is 0 Å². The molecule has 0 atom stereocenters.